The zero-order valence-corrected chi connectivity index (χ0v) is 12.8. The topological polar surface area (TPSA) is 54.6 Å². The van der Waals surface area contributed by atoms with Gasteiger partial charge in [0.1, 0.15) is 0 Å². The Bertz CT molecular complexity index is 164. The molecule has 0 aromatic carbocycles. The minimum Gasteiger partial charge on any atom is -0.314 e. The molecule has 0 spiro atoms. The molecule has 0 amide bonds. The maximum atomic E-state index is 3.22. The fourth-order valence-corrected chi connectivity index (χ4v) is 2.73. The van der Waals surface area contributed by atoms with Crippen LogP contribution in [0.5, 0.6) is 0 Å². The van der Waals surface area contributed by atoms with Crippen LogP contribution in [-0.2, 0) is 0 Å². The summed E-state index contributed by atoms with van der Waals surface area (Å²) in [5, 5.41) is 12.9. The van der Waals surface area contributed by atoms with Crippen molar-refractivity contribution in [2.24, 2.45) is 0 Å². The van der Waals surface area contributed by atoms with Crippen molar-refractivity contribution < 1.29 is 0 Å². The monoisotopic (exact) mass is 284 g/mol. The van der Waals surface area contributed by atoms with Gasteiger partial charge < -0.3 is 21.3 Å². The molecule has 0 aromatic heterocycles. The molecule has 0 radical (unpaired) electrons. The summed E-state index contributed by atoms with van der Waals surface area (Å²) >= 11 is 0. The molecular weight excluding hydrogens is 252 g/mol. The summed E-state index contributed by atoms with van der Waals surface area (Å²) in [7, 11) is 0. The van der Waals surface area contributed by atoms with Gasteiger partial charge in [-0.2, -0.15) is 0 Å². The number of nitrogens with zero attached hydrogens (tertiary/aromatic N) is 2. The van der Waals surface area contributed by atoms with E-state index in [1.807, 2.05) is 0 Å². The predicted octanol–water partition coefficient (Wildman–Crippen LogP) is -2.02. The SMILES string of the molecule is C1CN2CCN1CC2.C1CNCCN1.C1CNCCN1. The standard InChI is InChI=1S/C6H12N2.2C4H10N2/c1-2-8-5-3-7(1)4-6-8;2*1-2-6-4-3-5-1/h1-6H2;2*5-6H,1-4H2. The van der Waals surface area contributed by atoms with Gasteiger partial charge in [-0.25, -0.2) is 0 Å². The largest absolute Gasteiger partial charge is 0.314 e. The molecule has 5 saturated heterocycles. The van der Waals surface area contributed by atoms with Crippen LogP contribution in [0.25, 0.3) is 0 Å². The Hall–Kier alpha value is -0.240. The average Bonchev–Trinajstić information content (AvgIpc) is 2.61. The van der Waals surface area contributed by atoms with Gasteiger partial charge in [-0.3, -0.25) is 9.80 Å². The predicted molar refractivity (Wildman–Crippen MR) is 84.4 cm³/mol. The molecule has 5 rings (SSSR count). The second-order valence-corrected chi connectivity index (χ2v) is 5.68. The third-order valence-corrected chi connectivity index (χ3v) is 4.11. The van der Waals surface area contributed by atoms with Gasteiger partial charge in [0, 0.05) is 91.6 Å². The lowest BCUT2D eigenvalue weighted by Crippen LogP contribution is -2.55. The van der Waals surface area contributed by atoms with Crippen LogP contribution >= 0.6 is 0 Å². The van der Waals surface area contributed by atoms with Gasteiger partial charge in [0.05, 0.1) is 0 Å². The maximum Gasteiger partial charge on any atom is 0.0110 e. The van der Waals surface area contributed by atoms with Crippen molar-refractivity contribution >= 4 is 0 Å². The summed E-state index contributed by atoms with van der Waals surface area (Å²) in [4.78, 5) is 5.08. The molecule has 5 aliphatic rings. The Kier molecular flexibility index (Phi) is 8.46. The number of hydrogen-bond donors (Lipinski definition) is 4. The van der Waals surface area contributed by atoms with E-state index >= 15 is 0 Å². The highest BCUT2D eigenvalue weighted by molar-refractivity contribution is 4.78. The molecule has 0 aliphatic carbocycles. The van der Waals surface area contributed by atoms with Gasteiger partial charge >= 0.3 is 0 Å². The van der Waals surface area contributed by atoms with Crippen LogP contribution in [0.3, 0.4) is 0 Å². The summed E-state index contributed by atoms with van der Waals surface area (Å²) in [5.74, 6) is 0. The molecule has 118 valence electrons. The third kappa shape index (κ3) is 6.97. The highest BCUT2D eigenvalue weighted by Gasteiger charge is 2.21. The molecule has 6 nitrogen and oxygen atoms in total. The van der Waals surface area contributed by atoms with E-state index in [1.165, 1.54) is 39.3 Å². The first-order valence-electron chi connectivity index (χ1n) is 8.23. The minimum absolute atomic E-state index is 1.14. The van der Waals surface area contributed by atoms with Crippen molar-refractivity contribution in [2.75, 3.05) is 91.6 Å². The lowest BCUT2D eigenvalue weighted by molar-refractivity contribution is 0.0647. The highest BCUT2D eigenvalue weighted by Crippen LogP contribution is 2.06. The number of rotatable bonds is 0. The molecule has 0 atom stereocenters. The molecule has 0 aromatic rings. The van der Waals surface area contributed by atoms with E-state index in [0.29, 0.717) is 0 Å². The van der Waals surface area contributed by atoms with Crippen molar-refractivity contribution in [3.8, 4) is 0 Å². The average molecular weight is 284 g/mol. The molecular formula is C14H32N6. The van der Waals surface area contributed by atoms with Crippen molar-refractivity contribution in [3.63, 3.8) is 0 Å². The second kappa shape index (κ2) is 10.5. The van der Waals surface area contributed by atoms with E-state index in [2.05, 4.69) is 31.1 Å². The summed E-state index contributed by atoms with van der Waals surface area (Å²) in [6, 6.07) is 0. The zero-order valence-electron chi connectivity index (χ0n) is 12.8. The molecule has 20 heavy (non-hydrogen) atoms. The lowest BCUT2D eigenvalue weighted by Gasteiger charge is -2.41. The molecule has 0 unspecified atom stereocenters. The van der Waals surface area contributed by atoms with Crippen LogP contribution in [0.2, 0.25) is 0 Å². The maximum absolute atomic E-state index is 3.22. The van der Waals surface area contributed by atoms with E-state index < -0.39 is 0 Å². The first-order valence-corrected chi connectivity index (χ1v) is 8.23. The molecule has 0 saturated carbocycles. The summed E-state index contributed by atoms with van der Waals surface area (Å²) in [5.41, 5.74) is 0. The van der Waals surface area contributed by atoms with Crippen LogP contribution in [0, 0.1) is 0 Å². The molecule has 4 N–H and O–H groups in total. The van der Waals surface area contributed by atoms with Crippen LogP contribution < -0.4 is 21.3 Å². The summed E-state index contributed by atoms with van der Waals surface area (Å²) < 4.78 is 0. The van der Waals surface area contributed by atoms with Gasteiger partial charge in [0.15, 0.2) is 0 Å². The number of fused-ring (bicyclic) bond motifs is 3. The normalized spacial score (nSPS) is 32.4. The van der Waals surface area contributed by atoms with Crippen LogP contribution in [-0.4, -0.2) is 101 Å². The molecule has 5 aliphatic heterocycles. The van der Waals surface area contributed by atoms with Crippen LogP contribution in [0.1, 0.15) is 0 Å². The zero-order chi connectivity index (χ0) is 13.9. The molecule has 5 heterocycles. The Morgan fingerprint density at radius 3 is 0.650 bits per heavy atom. The highest BCUT2D eigenvalue weighted by atomic mass is 15.3. The van der Waals surface area contributed by atoms with E-state index in [9.17, 15) is 0 Å². The molecule has 6 heteroatoms. The smallest absolute Gasteiger partial charge is 0.0110 e. The van der Waals surface area contributed by atoms with Crippen molar-refractivity contribution in [2.45, 2.75) is 0 Å². The summed E-state index contributed by atoms with van der Waals surface area (Å²) in [6.07, 6.45) is 0. The van der Waals surface area contributed by atoms with Gasteiger partial charge in [0.25, 0.3) is 0 Å². The fraction of sp³-hybridized carbons (Fsp3) is 1.00. The fourth-order valence-electron chi connectivity index (χ4n) is 2.73. The minimum atomic E-state index is 1.14. The van der Waals surface area contributed by atoms with Gasteiger partial charge in [-0.05, 0) is 0 Å². The van der Waals surface area contributed by atoms with E-state index in [-0.39, 0.29) is 0 Å². The number of piperazine rings is 5. The van der Waals surface area contributed by atoms with Crippen molar-refractivity contribution in [3.05, 3.63) is 0 Å². The lowest BCUT2D eigenvalue weighted by atomic mass is 10.2. The first-order chi connectivity index (χ1) is 9.95. The second-order valence-electron chi connectivity index (χ2n) is 5.68. The Balaban J connectivity index is 0.000000112. The third-order valence-electron chi connectivity index (χ3n) is 4.11. The van der Waals surface area contributed by atoms with Crippen molar-refractivity contribution in [1.82, 2.24) is 31.1 Å². The first kappa shape index (κ1) is 16.1. The Labute approximate surface area is 123 Å². The van der Waals surface area contributed by atoms with Crippen molar-refractivity contribution in [1.29, 1.82) is 0 Å². The quantitative estimate of drug-likeness (QED) is 0.412. The van der Waals surface area contributed by atoms with Gasteiger partial charge in [0.2, 0.25) is 0 Å². The Morgan fingerprint density at radius 1 is 0.350 bits per heavy atom. The van der Waals surface area contributed by atoms with Crippen LogP contribution in [0.4, 0.5) is 0 Å². The van der Waals surface area contributed by atoms with Gasteiger partial charge in [-0.1, -0.05) is 0 Å². The van der Waals surface area contributed by atoms with E-state index in [4.69, 9.17) is 0 Å². The molecule has 2 bridgehead atoms. The number of nitrogens with one attached hydrogen (secondary N) is 4. The summed E-state index contributed by atoms with van der Waals surface area (Å²) in [6.45, 7) is 17.0. The van der Waals surface area contributed by atoms with Crippen LogP contribution in [0.15, 0.2) is 0 Å². The van der Waals surface area contributed by atoms with E-state index in [1.54, 1.807) is 0 Å². The Morgan fingerprint density at radius 2 is 0.550 bits per heavy atom. The van der Waals surface area contributed by atoms with E-state index in [0.717, 1.165) is 52.4 Å². The van der Waals surface area contributed by atoms with Gasteiger partial charge in [-0.15, -0.1) is 0 Å². The molecule has 5 fully saturated rings. The number of hydrogen-bond acceptors (Lipinski definition) is 6.